The van der Waals surface area contributed by atoms with Crippen LogP contribution < -0.4 is 10.1 Å². The van der Waals surface area contributed by atoms with Crippen LogP contribution in [0.3, 0.4) is 0 Å². The summed E-state index contributed by atoms with van der Waals surface area (Å²) in [7, 11) is 1.50. The van der Waals surface area contributed by atoms with Crippen molar-refractivity contribution in [3.8, 4) is 17.2 Å². The zero-order chi connectivity index (χ0) is 37.1. The van der Waals surface area contributed by atoms with Gasteiger partial charge in [0.1, 0.15) is 28.6 Å². The third kappa shape index (κ3) is 7.57. The van der Waals surface area contributed by atoms with E-state index in [9.17, 15) is 10.2 Å². The van der Waals surface area contributed by atoms with E-state index < -0.39 is 0 Å². The lowest BCUT2D eigenvalue weighted by Gasteiger charge is -2.12. The minimum atomic E-state index is -0.182. The molecule has 0 bridgehead atoms. The number of ether oxygens (including phenoxy) is 1. The molecule has 0 fully saturated rings. The number of fused-ring (bicyclic) bond motifs is 2. The molecule has 0 atom stereocenters. The lowest BCUT2D eigenvalue weighted by Crippen LogP contribution is -1.91. The van der Waals surface area contributed by atoms with Gasteiger partial charge in [-0.15, -0.1) is 25.6 Å². The van der Waals surface area contributed by atoms with Gasteiger partial charge in [-0.25, -0.2) is 0 Å². The molecule has 0 aromatic heterocycles. The number of aromatic hydroxyl groups is 2. The molecule has 262 valence electrons. The first-order chi connectivity index (χ1) is 25.6. The molecule has 10 heteroatoms. The van der Waals surface area contributed by atoms with Crippen molar-refractivity contribution in [2.24, 2.45) is 30.7 Å². The molecular weight excluding hydrogens is 663 g/mol. The normalized spacial score (nSPS) is 11.8. The summed E-state index contributed by atoms with van der Waals surface area (Å²) in [4.78, 5) is 0. The summed E-state index contributed by atoms with van der Waals surface area (Å²) in [5, 5.41) is 55.5. The second kappa shape index (κ2) is 14.7. The number of nitrogens with one attached hydrogen (secondary N) is 1. The van der Waals surface area contributed by atoms with E-state index in [1.165, 1.54) is 19.2 Å². The topological polar surface area (TPSA) is 136 Å². The molecule has 0 heterocycles. The van der Waals surface area contributed by atoms with Gasteiger partial charge in [0.2, 0.25) is 0 Å². The predicted molar refractivity (Wildman–Crippen MR) is 212 cm³/mol. The van der Waals surface area contributed by atoms with Crippen molar-refractivity contribution in [3.63, 3.8) is 0 Å². The number of azo groups is 3. The predicted octanol–water partition coefficient (Wildman–Crippen LogP) is 13.6. The number of anilines is 2. The van der Waals surface area contributed by atoms with Crippen LogP contribution in [0, 0.1) is 27.7 Å². The number of benzene rings is 7. The zero-order valence-corrected chi connectivity index (χ0v) is 30.0. The minimum Gasteiger partial charge on any atom is -0.506 e. The molecule has 0 radical (unpaired) electrons. The number of methoxy groups -OCH3 is 1. The molecule has 53 heavy (non-hydrogen) atoms. The van der Waals surface area contributed by atoms with Gasteiger partial charge >= 0.3 is 0 Å². The molecule has 0 aliphatic heterocycles. The van der Waals surface area contributed by atoms with E-state index in [1.807, 2.05) is 131 Å². The third-order valence-corrected chi connectivity index (χ3v) is 8.82. The summed E-state index contributed by atoms with van der Waals surface area (Å²) >= 11 is 0. The van der Waals surface area contributed by atoms with Gasteiger partial charge in [0.15, 0.2) is 5.75 Å². The molecule has 0 aliphatic carbocycles. The number of rotatable bonds is 9. The molecule has 0 saturated carbocycles. The molecule has 7 aromatic carbocycles. The first-order valence-corrected chi connectivity index (χ1v) is 17.0. The van der Waals surface area contributed by atoms with Gasteiger partial charge in [-0.05, 0) is 105 Å². The quantitative estimate of drug-likeness (QED) is 0.129. The maximum Gasteiger partial charge on any atom is 0.151 e. The van der Waals surface area contributed by atoms with Crippen molar-refractivity contribution in [1.82, 2.24) is 0 Å². The van der Waals surface area contributed by atoms with Gasteiger partial charge in [-0.3, -0.25) is 0 Å². The lowest BCUT2D eigenvalue weighted by molar-refractivity contribution is 0.413. The summed E-state index contributed by atoms with van der Waals surface area (Å²) in [5.41, 5.74) is 8.64. The summed E-state index contributed by atoms with van der Waals surface area (Å²) in [5.74, 6) is 0.132. The highest BCUT2D eigenvalue weighted by Gasteiger charge is 2.14. The maximum absolute atomic E-state index is 11.3. The second-order valence-electron chi connectivity index (χ2n) is 12.9. The number of hydrogen-bond acceptors (Lipinski definition) is 10. The van der Waals surface area contributed by atoms with Crippen LogP contribution in [-0.4, -0.2) is 17.3 Å². The standard InChI is InChI=1S/C43H37N7O3/c1-25-9-13-30(14-10-25)45-46-36-17-18-37(35-20-27(3)11-16-33(35)36)47-49-39-23-40(51)38(24-41(39)53-5)48-50-42-28(4)21-29-12-15-32(22-34(29)43(42)52)44-31-8-6-7-26(2)19-31/h6-24,44,51-52H,1-5H3. The Bertz CT molecular complexity index is 2600. The summed E-state index contributed by atoms with van der Waals surface area (Å²) in [6.45, 7) is 7.92. The largest absolute Gasteiger partial charge is 0.506 e. The highest BCUT2D eigenvalue weighted by atomic mass is 16.5. The average Bonchev–Trinajstić information content (AvgIpc) is 3.14. The Balaban J connectivity index is 1.17. The fourth-order valence-corrected chi connectivity index (χ4v) is 6.00. The smallest absolute Gasteiger partial charge is 0.151 e. The van der Waals surface area contributed by atoms with Crippen molar-refractivity contribution in [2.75, 3.05) is 12.4 Å². The number of phenolic OH excluding ortho intramolecular Hbond substituents is 2. The van der Waals surface area contributed by atoms with E-state index in [4.69, 9.17) is 4.74 Å². The first-order valence-electron chi connectivity index (χ1n) is 17.0. The summed E-state index contributed by atoms with van der Waals surface area (Å²) in [6, 6.07) is 36.3. The molecule has 0 aliphatic rings. The molecule has 7 rings (SSSR count). The van der Waals surface area contributed by atoms with E-state index in [0.29, 0.717) is 28.2 Å². The van der Waals surface area contributed by atoms with E-state index >= 15 is 0 Å². The van der Waals surface area contributed by atoms with Crippen molar-refractivity contribution in [3.05, 3.63) is 138 Å². The van der Waals surface area contributed by atoms with Crippen LogP contribution >= 0.6 is 0 Å². The van der Waals surface area contributed by atoms with Crippen LogP contribution in [0.15, 0.2) is 146 Å². The Hall–Kier alpha value is -6.94. The minimum absolute atomic E-state index is 0.0152. The van der Waals surface area contributed by atoms with Crippen LogP contribution in [0.4, 0.5) is 45.5 Å². The number of nitrogens with zero attached hydrogens (tertiary/aromatic N) is 6. The number of aryl methyl sites for hydroxylation is 4. The second-order valence-corrected chi connectivity index (χ2v) is 12.9. The van der Waals surface area contributed by atoms with Gasteiger partial charge in [-0.2, -0.15) is 5.11 Å². The van der Waals surface area contributed by atoms with Crippen LogP contribution in [0.5, 0.6) is 17.2 Å². The van der Waals surface area contributed by atoms with Crippen LogP contribution in [-0.2, 0) is 0 Å². The van der Waals surface area contributed by atoms with Gasteiger partial charge in [0.05, 0.1) is 24.2 Å². The van der Waals surface area contributed by atoms with E-state index in [0.717, 1.165) is 55.5 Å². The van der Waals surface area contributed by atoms with Crippen LogP contribution in [0.1, 0.15) is 22.3 Å². The molecule has 10 nitrogen and oxygen atoms in total. The van der Waals surface area contributed by atoms with Gasteiger partial charge in [-0.1, -0.05) is 53.6 Å². The Morgan fingerprint density at radius 3 is 1.96 bits per heavy atom. The molecule has 0 unspecified atom stereocenters. The molecular formula is C43H37N7O3. The first kappa shape index (κ1) is 34.5. The fraction of sp³-hybridized carbons (Fsp3) is 0.116. The Labute approximate surface area is 306 Å². The molecule has 0 saturated heterocycles. The van der Waals surface area contributed by atoms with E-state index in [2.05, 4.69) is 36.0 Å². The third-order valence-electron chi connectivity index (χ3n) is 8.82. The van der Waals surface area contributed by atoms with Gasteiger partial charge in [0, 0.05) is 39.7 Å². The Morgan fingerprint density at radius 1 is 0.509 bits per heavy atom. The van der Waals surface area contributed by atoms with Crippen molar-refractivity contribution >= 4 is 67.0 Å². The fourth-order valence-electron chi connectivity index (χ4n) is 6.00. The van der Waals surface area contributed by atoms with Crippen molar-refractivity contribution < 1.29 is 14.9 Å². The van der Waals surface area contributed by atoms with Gasteiger partial charge < -0.3 is 20.3 Å². The molecule has 0 spiro atoms. The highest BCUT2D eigenvalue weighted by Crippen LogP contribution is 2.44. The Kier molecular flexibility index (Phi) is 9.59. The lowest BCUT2D eigenvalue weighted by atomic mass is 10.0. The maximum atomic E-state index is 11.3. The monoisotopic (exact) mass is 699 g/mol. The van der Waals surface area contributed by atoms with Crippen LogP contribution in [0.2, 0.25) is 0 Å². The van der Waals surface area contributed by atoms with Crippen molar-refractivity contribution in [2.45, 2.75) is 27.7 Å². The summed E-state index contributed by atoms with van der Waals surface area (Å²) < 4.78 is 5.61. The Morgan fingerprint density at radius 2 is 1.19 bits per heavy atom. The number of hydrogen-bond donors (Lipinski definition) is 3. The summed E-state index contributed by atoms with van der Waals surface area (Å²) in [6.07, 6.45) is 0. The number of phenols is 2. The zero-order valence-electron chi connectivity index (χ0n) is 30.0. The molecule has 7 aromatic rings. The van der Waals surface area contributed by atoms with Crippen LogP contribution in [0.25, 0.3) is 21.5 Å². The molecule has 0 amide bonds. The van der Waals surface area contributed by atoms with E-state index in [1.54, 1.807) is 0 Å². The SMILES string of the molecule is COc1cc(N=Nc2c(C)cc3ccc(Nc4cccc(C)c4)cc3c2O)c(O)cc1N=Nc1ccc(N=Nc2ccc(C)cc2)c2ccc(C)cc12. The molecule has 3 N–H and O–H groups in total. The highest BCUT2D eigenvalue weighted by molar-refractivity contribution is 6.00. The van der Waals surface area contributed by atoms with E-state index in [-0.39, 0.29) is 22.9 Å². The van der Waals surface area contributed by atoms with Crippen molar-refractivity contribution in [1.29, 1.82) is 0 Å². The van der Waals surface area contributed by atoms with Gasteiger partial charge in [0.25, 0.3) is 0 Å². The average molecular weight is 700 g/mol.